The minimum atomic E-state index is -0.608. The zero-order valence-corrected chi connectivity index (χ0v) is 12.6. The Hall–Kier alpha value is -1.12. The van der Waals surface area contributed by atoms with Crippen LogP contribution in [0.15, 0.2) is 35.7 Å². The summed E-state index contributed by atoms with van der Waals surface area (Å²) in [5.74, 6) is 0.758. The minimum absolute atomic E-state index is 0.379. The van der Waals surface area contributed by atoms with Gasteiger partial charge >= 0.3 is 0 Å². The maximum atomic E-state index is 11.6. The molecule has 1 aromatic carbocycles. The van der Waals surface area contributed by atoms with Crippen LogP contribution in [-0.4, -0.2) is 5.11 Å². The van der Waals surface area contributed by atoms with E-state index in [9.17, 15) is 5.11 Å². The Morgan fingerprint density at radius 3 is 2.15 bits per heavy atom. The number of hydrogen-bond acceptors (Lipinski definition) is 2. The maximum absolute atomic E-state index is 11.6. The van der Waals surface area contributed by atoms with Crippen molar-refractivity contribution in [2.75, 3.05) is 0 Å². The molecule has 1 nitrogen and oxygen atoms in total. The lowest BCUT2D eigenvalue weighted by molar-refractivity contribution is -0.0396. The Kier molecular flexibility index (Phi) is 2.80. The molecule has 2 aliphatic carbocycles. The molecule has 0 spiro atoms. The number of fused-ring (bicyclic) bond motifs is 3. The molecule has 1 fully saturated rings. The summed E-state index contributed by atoms with van der Waals surface area (Å²) in [6, 6.07) is 10.9. The molecule has 20 heavy (non-hydrogen) atoms. The lowest BCUT2D eigenvalue weighted by Gasteiger charge is -2.34. The van der Waals surface area contributed by atoms with E-state index < -0.39 is 5.60 Å². The number of aryl methyl sites for hydroxylation is 1. The van der Waals surface area contributed by atoms with Crippen molar-refractivity contribution in [2.45, 2.75) is 38.2 Å². The molecule has 1 heterocycles. The molecule has 2 aliphatic rings. The van der Waals surface area contributed by atoms with Crippen molar-refractivity contribution < 1.29 is 5.11 Å². The standard InChI is InChI=1S/C18H20OS/c1-12-17(8-9-20-12)18(19)15-6-7-16(18)11-14-5-3-2-4-13(14)10-15/h2-5,8-9,15-16,19H,6-7,10-11H2,1H3. The van der Waals surface area contributed by atoms with Crippen LogP contribution in [0.4, 0.5) is 0 Å². The fourth-order valence-electron chi connectivity index (χ4n) is 4.42. The zero-order valence-electron chi connectivity index (χ0n) is 11.8. The number of benzene rings is 1. The molecule has 2 aromatic rings. The van der Waals surface area contributed by atoms with E-state index in [1.165, 1.54) is 21.6 Å². The van der Waals surface area contributed by atoms with Gasteiger partial charge in [0.05, 0.1) is 5.60 Å². The third-order valence-electron chi connectivity index (χ3n) is 5.45. The molecule has 104 valence electrons. The van der Waals surface area contributed by atoms with Crippen molar-refractivity contribution >= 4 is 11.3 Å². The predicted molar refractivity (Wildman–Crippen MR) is 83.0 cm³/mol. The molecule has 2 unspecified atom stereocenters. The molecule has 1 aromatic heterocycles. The van der Waals surface area contributed by atoms with Crippen LogP contribution in [0, 0.1) is 18.8 Å². The summed E-state index contributed by atoms with van der Waals surface area (Å²) < 4.78 is 0. The van der Waals surface area contributed by atoms with E-state index in [0.29, 0.717) is 11.8 Å². The van der Waals surface area contributed by atoms with Gasteiger partial charge in [0.2, 0.25) is 0 Å². The van der Waals surface area contributed by atoms with Crippen LogP contribution in [0.2, 0.25) is 0 Å². The first kappa shape index (κ1) is 12.6. The highest BCUT2D eigenvalue weighted by molar-refractivity contribution is 7.10. The average Bonchev–Trinajstić information content (AvgIpc) is 2.94. The van der Waals surface area contributed by atoms with Gasteiger partial charge in [-0.2, -0.15) is 0 Å². The quantitative estimate of drug-likeness (QED) is 0.837. The number of aliphatic hydroxyl groups is 1. The van der Waals surface area contributed by atoms with Crippen molar-refractivity contribution in [1.29, 1.82) is 0 Å². The van der Waals surface area contributed by atoms with Crippen LogP contribution < -0.4 is 0 Å². The van der Waals surface area contributed by atoms with Gasteiger partial charge < -0.3 is 5.11 Å². The summed E-state index contributed by atoms with van der Waals surface area (Å²) in [7, 11) is 0. The monoisotopic (exact) mass is 284 g/mol. The van der Waals surface area contributed by atoms with E-state index in [-0.39, 0.29) is 0 Å². The fourth-order valence-corrected chi connectivity index (χ4v) is 5.18. The Morgan fingerprint density at radius 2 is 1.65 bits per heavy atom. The lowest BCUT2D eigenvalue weighted by Crippen LogP contribution is -2.37. The molecule has 2 bridgehead atoms. The molecule has 1 N–H and O–H groups in total. The summed E-state index contributed by atoms with van der Waals surface area (Å²) in [4.78, 5) is 1.29. The number of thiophene rings is 1. The van der Waals surface area contributed by atoms with Crippen LogP contribution in [0.25, 0.3) is 0 Å². The van der Waals surface area contributed by atoms with Gasteiger partial charge in [-0.05, 0) is 72.6 Å². The molecule has 0 saturated heterocycles. The molecule has 0 amide bonds. The number of rotatable bonds is 1. The van der Waals surface area contributed by atoms with Gasteiger partial charge in [-0.15, -0.1) is 11.3 Å². The SMILES string of the molecule is Cc1sccc1C1(O)C2CCC1Cc1ccccc1C2. The van der Waals surface area contributed by atoms with Crippen molar-refractivity contribution in [3.05, 3.63) is 57.3 Å². The summed E-state index contributed by atoms with van der Waals surface area (Å²) in [6.07, 6.45) is 4.37. The van der Waals surface area contributed by atoms with E-state index in [1.807, 2.05) is 0 Å². The molecular weight excluding hydrogens is 264 g/mol. The highest BCUT2D eigenvalue weighted by Gasteiger charge is 2.52. The van der Waals surface area contributed by atoms with Crippen molar-refractivity contribution in [3.8, 4) is 0 Å². The van der Waals surface area contributed by atoms with Gasteiger partial charge in [0.15, 0.2) is 0 Å². The lowest BCUT2D eigenvalue weighted by atomic mass is 9.77. The van der Waals surface area contributed by atoms with E-state index >= 15 is 0 Å². The second-order valence-corrected chi connectivity index (χ2v) is 7.48. The highest BCUT2D eigenvalue weighted by atomic mass is 32.1. The third kappa shape index (κ3) is 1.64. The second-order valence-electron chi connectivity index (χ2n) is 6.36. The first-order chi connectivity index (χ1) is 9.69. The first-order valence-electron chi connectivity index (χ1n) is 7.53. The largest absolute Gasteiger partial charge is 0.385 e. The van der Waals surface area contributed by atoms with Crippen LogP contribution in [0.5, 0.6) is 0 Å². The maximum Gasteiger partial charge on any atom is 0.0969 e. The van der Waals surface area contributed by atoms with E-state index in [4.69, 9.17) is 0 Å². The summed E-state index contributed by atoms with van der Waals surface area (Å²) in [5.41, 5.74) is 3.49. The summed E-state index contributed by atoms with van der Waals surface area (Å²) in [6.45, 7) is 2.15. The van der Waals surface area contributed by atoms with Gasteiger partial charge in [0.1, 0.15) is 0 Å². The van der Waals surface area contributed by atoms with E-state index in [2.05, 4.69) is 42.6 Å². The molecule has 2 atom stereocenters. The van der Waals surface area contributed by atoms with Gasteiger partial charge in [-0.25, -0.2) is 0 Å². The molecule has 2 heteroatoms. The average molecular weight is 284 g/mol. The highest BCUT2D eigenvalue weighted by Crippen LogP contribution is 2.53. The van der Waals surface area contributed by atoms with Crippen LogP contribution in [-0.2, 0) is 18.4 Å². The van der Waals surface area contributed by atoms with Crippen LogP contribution in [0.3, 0.4) is 0 Å². The van der Waals surface area contributed by atoms with Crippen LogP contribution >= 0.6 is 11.3 Å². The van der Waals surface area contributed by atoms with Gasteiger partial charge in [-0.3, -0.25) is 0 Å². The molecule has 4 rings (SSSR count). The Bertz CT molecular complexity index is 609. The normalized spacial score (nSPS) is 31.9. The van der Waals surface area contributed by atoms with E-state index in [0.717, 1.165) is 25.7 Å². The smallest absolute Gasteiger partial charge is 0.0969 e. The second kappa shape index (κ2) is 4.44. The zero-order chi connectivity index (χ0) is 13.7. The summed E-state index contributed by atoms with van der Waals surface area (Å²) in [5, 5.41) is 13.7. The minimum Gasteiger partial charge on any atom is -0.385 e. The van der Waals surface area contributed by atoms with Crippen molar-refractivity contribution in [3.63, 3.8) is 0 Å². The van der Waals surface area contributed by atoms with Gasteiger partial charge in [-0.1, -0.05) is 24.3 Å². The Labute approximate surface area is 124 Å². The van der Waals surface area contributed by atoms with Crippen molar-refractivity contribution in [1.82, 2.24) is 0 Å². The topological polar surface area (TPSA) is 20.2 Å². The molecular formula is C18H20OS. The van der Waals surface area contributed by atoms with Crippen LogP contribution in [0.1, 0.15) is 34.4 Å². The molecule has 0 aliphatic heterocycles. The van der Waals surface area contributed by atoms with Crippen molar-refractivity contribution in [2.24, 2.45) is 11.8 Å². The van der Waals surface area contributed by atoms with Gasteiger partial charge in [0, 0.05) is 4.88 Å². The molecule has 0 radical (unpaired) electrons. The fraction of sp³-hybridized carbons (Fsp3) is 0.444. The third-order valence-corrected chi connectivity index (χ3v) is 6.30. The Morgan fingerprint density at radius 1 is 1.05 bits per heavy atom. The molecule has 1 saturated carbocycles. The van der Waals surface area contributed by atoms with E-state index in [1.54, 1.807) is 11.3 Å². The predicted octanol–water partition coefficient (Wildman–Crippen LogP) is 4.07. The first-order valence-corrected chi connectivity index (χ1v) is 8.41. The Balaban J connectivity index is 1.83. The number of hydrogen-bond donors (Lipinski definition) is 1. The summed E-state index contributed by atoms with van der Waals surface area (Å²) >= 11 is 1.76. The van der Waals surface area contributed by atoms with Gasteiger partial charge in [0.25, 0.3) is 0 Å².